The number of sulfonamides is 1. The summed E-state index contributed by atoms with van der Waals surface area (Å²) in [4.78, 5) is 29.4. The molecule has 3 aliphatic heterocycles. The summed E-state index contributed by atoms with van der Waals surface area (Å²) < 4.78 is 33.6. The SMILES string of the molecule is C[C@@H]1CCC[C@H](C)N1CCCNC(=O)CN1C(=O)COc2ccc(S(=O)(=O)N3CCCCCC3)cc21. The second-order valence-electron chi connectivity index (χ2n) is 10.3. The second-order valence-corrected chi connectivity index (χ2v) is 12.2. The van der Waals surface area contributed by atoms with E-state index in [4.69, 9.17) is 4.74 Å². The number of fused-ring (bicyclic) bond motifs is 1. The van der Waals surface area contributed by atoms with E-state index in [-0.39, 0.29) is 29.9 Å². The van der Waals surface area contributed by atoms with E-state index in [1.807, 2.05) is 0 Å². The third-order valence-corrected chi connectivity index (χ3v) is 9.56. The van der Waals surface area contributed by atoms with Crippen molar-refractivity contribution in [1.29, 1.82) is 0 Å². The molecule has 0 aromatic heterocycles. The van der Waals surface area contributed by atoms with E-state index in [1.54, 1.807) is 6.07 Å². The van der Waals surface area contributed by atoms with Crippen molar-refractivity contribution in [2.45, 2.75) is 82.2 Å². The summed E-state index contributed by atoms with van der Waals surface area (Å²) in [5, 5.41) is 2.93. The molecule has 0 spiro atoms. The summed E-state index contributed by atoms with van der Waals surface area (Å²) in [6.45, 7) is 6.63. The van der Waals surface area contributed by atoms with Gasteiger partial charge in [-0.15, -0.1) is 0 Å². The maximum Gasteiger partial charge on any atom is 0.265 e. The largest absolute Gasteiger partial charge is 0.482 e. The lowest BCUT2D eigenvalue weighted by atomic mass is 9.97. The summed E-state index contributed by atoms with van der Waals surface area (Å²) >= 11 is 0. The van der Waals surface area contributed by atoms with Crippen molar-refractivity contribution in [2.24, 2.45) is 0 Å². The molecular formula is C26H40N4O5S. The Morgan fingerprint density at radius 1 is 1.06 bits per heavy atom. The van der Waals surface area contributed by atoms with Crippen LogP contribution in [0.5, 0.6) is 5.75 Å². The minimum absolute atomic E-state index is 0.122. The maximum atomic E-state index is 13.3. The van der Waals surface area contributed by atoms with Crippen LogP contribution in [0.1, 0.15) is 65.2 Å². The Kier molecular flexibility index (Phi) is 8.90. The first kappa shape index (κ1) is 26.9. The topological polar surface area (TPSA) is 99.3 Å². The maximum absolute atomic E-state index is 13.3. The first-order chi connectivity index (χ1) is 17.3. The third kappa shape index (κ3) is 6.20. The van der Waals surface area contributed by atoms with Crippen LogP contribution >= 0.6 is 0 Å². The predicted molar refractivity (Wildman–Crippen MR) is 139 cm³/mol. The number of hydrogen-bond donors (Lipinski definition) is 1. The van der Waals surface area contributed by atoms with Gasteiger partial charge in [0.25, 0.3) is 5.91 Å². The van der Waals surface area contributed by atoms with E-state index in [9.17, 15) is 18.0 Å². The fourth-order valence-electron chi connectivity index (χ4n) is 5.55. The van der Waals surface area contributed by atoms with Crippen molar-refractivity contribution >= 4 is 27.5 Å². The molecule has 9 nitrogen and oxygen atoms in total. The van der Waals surface area contributed by atoms with Crippen LogP contribution in [0, 0.1) is 0 Å². The lowest BCUT2D eigenvalue weighted by molar-refractivity contribution is -0.125. The zero-order valence-corrected chi connectivity index (χ0v) is 22.4. The number of nitrogens with zero attached hydrogens (tertiary/aromatic N) is 3. The van der Waals surface area contributed by atoms with E-state index in [0.29, 0.717) is 43.2 Å². The molecule has 1 aromatic rings. The summed E-state index contributed by atoms with van der Waals surface area (Å²) in [6, 6.07) is 5.70. The van der Waals surface area contributed by atoms with E-state index in [1.165, 1.54) is 40.6 Å². The van der Waals surface area contributed by atoms with Gasteiger partial charge in [0.1, 0.15) is 12.3 Å². The average Bonchev–Trinajstić information content (AvgIpc) is 3.15. The number of carbonyl (C=O) groups is 2. The number of nitrogens with one attached hydrogen (secondary N) is 1. The minimum atomic E-state index is -3.69. The molecule has 200 valence electrons. The van der Waals surface area contributed by atoms with Gasteiger partial charge in [-0.1, -0.05) is 19.3 Å². The molecule has 1 aromatic carbocycles. The van der Waals surface area contributed by atoms with Gasteiger partial charge in [0, 0.05) is 38.3 Å². The average molecular weight is 521 g/mol. The highest BCUT2D eigenvalue weighted by molar-refractivity contribution is 7.89. The molecule has 0 radical (unpaired) electrons. The van der Waals surface area contributed by atoms with Gasteiger partial charge in [-0.05, 0) is 64.2 Å². The van der Waals surface area contributed by atoms with E-state index in [0.717, 1.165) is 38.6 Å². The summed E-state index contributed by atoms with van der Waals surface area (Å²) in [5.74, 6) is -0.222. The Morgan fingerprint density at radius 3 is 2.44 bits per heavy atom. The first-order valence-corrected chi connectivity index (χ1v) is 14.8. The van der Waals surface area contributed by atoms with E-state index >= 15 is 0 Å². The Labute approximate surface area is 215 Å². The zero-order valence-electron chi connectivity index (χ0n) is 21.6. The number of likely N-dealkylation sites (tertiary alicyclic amines) is 1. The van der Waals surface area contributed by atoms with Crippen molar-refractivity contribution in [1.82, 2.24) is 14.5 Å². The molecule has 0 unspecified atom stereocenters. The second kappa shape index (κ2) is 11.9. The molecule has 0 bridgehead atoms. The number of rotatable bonds is 8. The molecule has 36 heavy (non-hydrogen) atoms. The van der Waals surface area contributed by atoms with Crippen molar-refractivity contribution < 1.29 is 22.7 Å². The first-order valence-electron chi connectivity index (χ1n) is 13.4. The Morgan fingerprint density at radius 2 is 1.75 bits per heavy atom. The quantitative estimate of drug-likeness (QED) is 0.529. The standard InChI is InChI=1S/C26H40N4O5S/c1-20-9-7-10-21(2)29(20)16-8-13-27-25(31)18-30-23-17-22(11-12-24(23)35-19-26(30)32)36(33,34)28-14-5-3-4-6-15-28/h11-12,17,20-21H,3-10,13-16,18-19H2,1-2H3,(H,27,31)/t20-,21+. The Hall–Kier alpha value is -2.17. The van der Waals surface area contributed by atoms with Crippen molar-refractivity contribution in [2.75, 3.05) is 44.2 Å². The monoisotopic (exact) mass is 520 g/mol. The van der Waals surface area contributed by atoms with Crippen molar-refractivity contribution in [3.63, 3.8) is 0 Å². The number of ether oxygens (including phenoxy) is 1. The molecule has 0 aliphatic carbocycles. The van der Waals surface area contributed by atoms with Crippen LogP contribution in [0.4, 0.5) is 5.69 Å². The van der Waals surface area contributed by atoms with Crippen LogP contribution in [0.25, 0.3) is 0 Å². The van der Waals surface area contributed by atoms with Gasteiger partial charge in [0.15, 0.2) is 6.61 Å². The highest BCUT2D eigenvalue weighted by Crippen LogP contribution is 2.35. The Balaban J connectivity index is 1.39. The summed E-state index contributed by atoms with van der Waals surface area (Å²) in [5.41, 5.74) is 0.327. The highest BCUT2D eigenvalue weighted by atomic mass is 32.2. The third-order valence-electron chi connectivity index (χ3n) is 7.67. The number of piperidine rings is 1. The van der Waals surface area contributed by atoms with Crippen molar-refractivity contribution in [3.05, 3.63) is 18.2 Å². The molecule has 2 saturated heterocycles. The molecule has 2 fully saturated rings. The highest BCUT2D eigenvalue weighted by Gasteiger charge is 2.31. The lowest BCUT2D eigenvalue weighted by Gasteiger charge is -2.39. The molecule has 2 atom stereocenters. The molecular weight excluding hydrogens is 480 g/mol. The molecule has 10 heteroatoms. The summed E-state index contributed by atoms with van der Waals surface area (Å²) in [7, 11) is -3.69. The Bertz CT molecular complexity index is 1030. The molecule has 0 saturated carbocycles. The van der Waals surface area contributed by atoms with Crippen molar-refractivity contribution in [3.8, 4) is 5.75 Å². The van der Waals surface area contributed by atoms with Gasteiger partial charge in [-0.2, -0.15) is 4.31 Å². The minimum Gasteiger partial charge on any atom is -0.482 e. The van der Waals surface area contributed by atoms with Gasteiger partial charge < -0.3 is 10.1 Å². The smallest absolute Gasteiger partial charge is 0.265 e. The zero-order chi connectivity index (χ0) is 25.7. The number of anilines is 1. The summed E-state index contributed by atoms with van der Waals surface area (Å²) in [6.07, 6.45) is 8.27. The van der Waals surface area contributed by atoms with Gasteiger partial charge >= 0.3 is 0 Å². The number of benzene rings is 1. The van der Waals surface area contributed by atoms with Crippen LogP contribution < -0.4 is 15.0 Å². The molecule has 3 aliphatic rings. The fourth-order valence-corrected chi connectivity index (χ4v) is 7.09. The molecule has 1 N–H and O–H groups in total. The number of hydrogen-bond acceptors (Lipinski definition) is 6. The van der Waals surface area contributed by atoms with E-state index in [2.05, 4.69) is 24.1 Å². The van der Waals surface area contributed by atoms with Gasteiger partial charge in [0.2, 0.25) is 15.9 Å². The van der Waals surface area contributed by atoms with Crippen LogP contribution in [-0.4, -0.2) is 80.9 Å². The van der Waals surface area contributed by atoms with Crippen LogP contribution in [0.3, 0.4) is 0 Å². The normalized spacial score (nSPS) is 24.1. The number of carbonyl (C=O) groups excluding carboxylic acids is 2. The fraction of sp³-hybridized carbons (Fsp3) is 0.692. The van der Waals surface area contributed by atoms with Crippen LogP contribution in [0.2, 0.25) is 0 Å². The molecule has 3 heterocycles. The number of amides is 2. The van der Waals surface area contributed by atoms with E-state index < -0.39 is 10.0 Å². The van der Waals surface area contributed by atoms with Gasteiger partial charge in [0.05, 0.1) is 10.6 Å². The van der Waals surface area contributed by atoms with Gasteiger partial charge in [-0.25, -0.2) is 8.42 Å². The van der Waals surface area contributed by atoms with Gasteiger partial charge in [-0.3, -0.25) is 19.4 Å². The molecule has 2 amide bonds. The van der Waals surface area contributed by atoms with Crippen LogP contribution in [-0.2, 0) is 19.6 Å². The molecule has 4 rings (SSSR count). The van der Waals surface area contributed by atoms with Crippen LogP contribution in [0.15, 0.2) is 23.1 Å². The lowest BCUT2D eigenvalue weighted by Crippen LogP contribution is -2.46. The predicted octanol–water partition coefficient (Wildman–Crippen LogP) is 2.75.